The highest BCUT2D eigenvalue weighted by molar-refractivity contribution is 4.90. The molecule has 1 saturated heterocycles. The lowest BCUT2D eigenvalue weighted by molar-refractivity contribution is 0.0856. The summed E-state index contributed by atoms with van der Waals surface area (Å²) in [4.78, 5) is 5.22. The van der Waals surface area contributed by atoms with Crippen molar-refractivity contribution < 1.29 is 0 Å². The predicted octanol–water partition coefficient (Wildman–Crippen LogP) is 0.374. The minimum Gasteiger partial charge on any atom is -0.320 e. The Hall–Kier alpha value is -0.120. The molecule has 14 heavy (non-hydrogen) atoms. The van der Waals surface area contributed by atoms with Crippen LogP contribution in [-0.2, 0) is 0 Å². The summed E-state index contributed by atoms with van der Waals surface area (Å²) in [6, 6.07) is 1.72. The molecule has 2 rings (SSSR count). The maximum atomic E-state index is 3.25. The summed E-state index contributed by atoms with van der Waals surface area (Å²) in [6.07, 6.45) is 4.18. The fourth-order valence-electron chi connectivity index (χ4n) is 2.36. The van der Waals surface area contributed by atoms with Gasteiger partial charge in [0, 0.05) is 31.7 Å². The number of hydrogen-bond donors (Lipinski definition) is 1. The highest BCUT2D eigenvalue weighted by Gasteiger charge is 2.33. The molecule has 1 N–H and O–H groups in total. The molecular weight excluding hydrogens is 174 g/mol. The van der Waals surface area contributed by atoms with E-state index in [1.165, 1.54) is 38.9 Å². The van der Waals surface area contributed by atoms with Crippen molar-refractivity contribution in [3.05, 3.63) is 0 Å². The van der Waals surface area contributed by atoms with E-state index < -0.39 is 0 Å². The third kappa shape index (κ3) is 2.47. The van der Waals surface area contributed by atoms with Gasteiger partial charge in [-0.25, -0.2) is 0 Å². The second-order valence-electron chi connectivity index (χ2n) is 4.75. The second-order valence-corrected chi connectivity index (χ2v) is 4.75. The third-order valence-electron chi connectivity index (χ3n) is 3.60. The number of nitrogens with zero attached hydrogens (tertiary/aromatic N) is 2. The minimum absolute atomic E-state index is 0.775. The van der Waals surface area contributed by atoms with Crippen LogP contribution in [0.3, 0.4) is 0 Å². The largest absolute Gasteiger partial charge is 0.320 e. The summed E-state index contributed by atoms with van der Waals surface area (Å²) in [5.74, 6) is 0. The van der Waals surface area contributed by atoms with Crippen molar-refractivity contribution in [1.29, 1.82) is 0 Å². The van der Waals surface area contributed by atoms with Crippen LogP contribution in [0.5, 0.6) is 0 Å². The lowest BCUT2D eigenvalue weighted by Gasteiger charge is -2.39. The van der Waals surface area contributed by atoms with Crippen molar-refractivity contribution in [2.24, 2.45) is 0 Å². The molecule has 0 aromatic carbocycles. The minimum atomic E-state index is 0.775. The van der Waals surface area contributed by atoms with Crippen molar-refractivity contribution in [2.45, 2.75) is 31.3 Å². The molecule has 82 valence electrons. The fourth-order valence-corrected chi connectivity index (χ4v) is 2.36. The van der Waals surface area contributed by atoms with Gasteiger partial charge in [-0.1, -0.05) is 0 Å². The number of piperazine rings is 1. The van der Waals surface area contributed by atoms with Crippen LogP contribution >= 0.6 is 0 Å². The zero-order valence-corrected chi connectivity index (χ0v) is 9.50. The smallest absolute Gasteiger partial charge is 0.0232 e. The van der Waals surface area contributed by atoms with Crippen molar-refractivity contribution >= 4 is 0 Å². The summed E-state index contributed by atoms with van der Waals surface area (Å²) in [5, 5.41) is 3.25. The van der Waals surface area contributed by atoms with Crippen molar-refractivity contribution in [2.75, 3.05) is 40.3 Å². The van der Waals surface area contributed by atoms with Gasteiger partial charge in [0.05, 0.1) is 0 Å². The molecule has 3 nitrogen and oxygen atoms in total. The van der Waals surface area contributed by atoms with Crippen LogP contribution in [-0.4, -0.2) is 62.2 Å². The van der Waals surface area contributed by atoms with E-state index in [-0.39, 0.29) is 0 Å². The molecule has 0 aromatic heterocycles. The van der Waals surface area contributed by atoms with E-state index in [0.29, 0.717) is 0 Å². The summed E-state index contributed by atoms with van der Waals surface area (Å²) in [5.41, 5.74) is 0. The molecule has 1 atom stereocenters. The van der Waals surface area contributed by atoms with Gasteiger partial charge in [-0.2, -0.15) is 0 Å². The fraction of sp³-hybridized carbons (Fsp3) is 1.00. The number of likely N-dealkylation sites (N-methyl/N-ethyl adjacent to an activating group) is 1. The van der Waals surface area contributed by atoms with E-state index in [1.54, 1.807) is 0 Å². The first-order valence-electron chi connectivity index (χ1n) is 5.90. The zero-order chi connectivity index (χ0) is 9.97. The van der Waals surface area contributed by atoms with Crippen LogP contribution < -0.4 is 5.32 Å². The molecule has 0 radical (unpaired) electrons. The molecule has 1 heterocycles. The summed E-state index contributed by atoms with van der Waals surface area (Å²) < 4.78 is 0. The molecule has 2 aliphatic rings. The summed E-state index contributed by atoms with van der Waals surface area (Å²) >= 11 is 0. The molecule has 0 spiro atoms. The van der Waals surface area contributed by atoms with Gasteiger partial charge in [-0.05, 0) is 39.9 Å². The standard InChI is InChI=1S/C11H23N3/c1-12-6-5-11-9-14(10-3-4-10)8-7-13(11)2/h10-12H,3-9H2,1-2H3. The van der Waals surface area contributed by atoms with E-state index >= 15 is 0 Å². The molecular formula is C11H23N3. The Morgan fingerprint density at radius 2 is 2.07 bits per heavy atom. The SMILES string of the molecule is CNCCC1CN(C2CC2)CCN1C. The Bertz CT molecular complexity index is 179. The normalized spacial score (nSPS) is 30.9. The molecule has 0 bridgehead atoms. The van der Waals surface area contributed by atoms with Crippen LogP contribution in [0.25, 0.3) is 0 Å². The van der Waals surface area contributed by atoms with Gasteiger partial charge >= 0.3 is 0 Å². The number of hydrogen-bond acceptors (Lipinski definition) is 3. The quantitative estimate of drug-likeness (QED) is 0.703. The maximum Gasteiger partial charge on any atom is 0.0232 e. The second kappa shape index (κ2) is 4.60. The van der Waals surface area contributed by atoms with E-state index in [9.17, 15) is 0 Å². The Balaban J connectivity index is 1.79. The topological polar surface area (TPSA) is 18.5 Å². The first-order valence-corrected chi connectivity index (χ1v) is 5.90. The van der Waals surface area contributed by atoms with Crippen molar-refractivity contribution in [1.82, 2.24) is 15.1 Å². The summed E-state index contributed by atoms with van der Waals surface area (Å²) in [6.45, 7) is 4.98. The van der Waals surface area contributed by atoms with Gasteiger partial charge in [0.1, 0.15) is 0 Å². The Morgan fingerprint density at radius 3 is 2.71 bits per heavy atom. The predicted molar refractivity (Wildman–Crippen MR) is 59.6 cm³/mol. The number of nitrogens with one attached hydrogen (secondary N) is 1. The van der Waals surface area contributed by atoms with E-state index in [0.717, 1.165) is 18.6 Å². The van der Waals surface area contributed by atoms with E-state index in [1.807, 2.05) is 7.05 Å². The Labute approximate surface area is 87.4 Å². The van der Waals surface area contributed by atoms with Crippen LogP contribution in [0.4, 0.5) is 0 Å². The molecule has 1 saturated carbocycles. The molecule has 1 unspecified atom stereocenters. The van der Waals surface area contributed by atoms with Crippen LogP contribution in [0.2, 0.25) is 0 Å². The van der Waals surface area contributed by atoms with Gasteiger partial charge in [0.15, 0.2) is 0 Å². The molecule has 1 aliphatic carbocycles. The van der Waals surface area contributed by atoms with Crippen LogP contribution in [0.15, 0.2) is 0 Å². The van der Waals surface area contributed by atoms with Crippen LogP contribution in [0.1, 0.15) is 19.3 Å². The Morgan fingerprint density at radius 1 is 1.29 bits per heavy atom. The summed E-state index contributed by atoms with van der Waals surface area (Å²) in [7, 11) is 4.31. The van der Waals surface area contributed by atoms with E-state index in [2.05, 4.69) is 22.2 Å². The van der Waals surface area contributed by atoms with Gasteiger partial charge in [-0.15, -0.1) is 0 Å². The average Bonchev–Trinajstić information content (AvgIpc) is 3.00. The Kier molecular flexibility index (Phi) is 3.42. The average molecular weight is 197 g/mol. The van der Waals surface area contributed by atoms with Gasteiger partial charge in [-0.3, -0.25) is 4.90 Å². The molecule has 3 heteroatoms. The molecule has 1 aliphatic heterocycles. The monoisotopic (exact) mass is 197 g/mol. The zero-order valence-electron chi connectivity index (χ0n) is 9.50. The van der Waals surface area contributed by atoms with Gasteiger partial charge in [0.25, 0.3) is 0 Å². The lowest BCUT2D eigenvalue weighted by atomic mass is 10.1. The third-order valence-corrected chi connectivity index (χ3v) is 3.60. The van der Waals surface area contributed by atoms with Gasteiger partial charge < -0.3 is 10.2 Å². The van der Waals surface area contributed by atoms with E-state index in [4.69, 9.17) is 0 Å². The number of rotatable bonds is 4. The highest BCUT2D eigenvalue weighted by atomic mass is 15.3. The highest BCUT2D eigenvalue weighted by Crippen LogP contribution is 2.28. The van der Waals surface area contributed by atoms with Crippen molar-refractivity contribution in [3.8, 4) is 0 Å². The maximum absolute atomic E-state index is 3.25. The molecule has 2 fully saturated rings. The van der Waals surface area contributed by atoms with Gasteiger partial charge in [0.2, 0.25) is 0 Å². The first kappa shape index (κ1) is 10.4. The van der Waals surface area contributed by atoms with Crippen molar-refractivity contribution in [3.63, 3.8) is 0 Å². The van der Waals surface area contributed by atoms with Crippen LogP contribution in [0, 0.1) is 0 Å². The molecule has 0 amide bonds. The molecule has 0 aromatic rings. The first-order chi connectivity index (χ1) is 6.81. The lowest BCUT2D eigenvalue weighted by Crippen LogP contribution is -2.52.